The number of hydrogen-bond donors (Lipinski definition) is 0. The van der Waals surface area contributed by atoms with Gasteiger partial charge in [0.05, 0.1) is 11.4 Å². The van der Waals surface area contributed by atoms with E-state index in [-0.39, 0.29) is 47.1 Å². The van der Waals surface area contributed by atoms with Gasteiger partial charge in [-0.25, -0.2) is 0 Å². The zero-order valence-corrected chi connectivity index (χ0v) is 16.5. The van der Waals surface area contributed by atoms with Crippen molar-refractivity contribution in [3.63, 3.8) is 0 Å². The van der Waals surface area contributed by atoms with Gasteiger partial charge >= 0.3 is 35.7 Å². The molecule has 1 saturated carbocycles. The molecule has 1 fully saturated rings. The van der Waals surface area contributed by atoms with Crippen LogP contribution in [0.1, 0.15) is 44.2 Å². The van der Waals surface area contributed by atoms with E-state index in [4.69, 9.17) is 16.3 Å². The minimum atomic E-state index is -4.78. The molecule has 0 bridgehead atoms. The summed E-state index contributed by atoms with van der Waals surface area (Å²) in [6.45, 7) is 5.65. The number of aliphatic carboxylic acids is 1. The van der Waals surface area contributed by atoms with Crippen molar-refractivity contribution in [1.82, 2.24) is 0 Å². The molecule has 1 aromatic rings. The van der Waals surface area contributed by atoms with Crippen LogP contribution >= 0.6 is 11.6 Å². The third-order valence-corrected chi connectivity index (χ3v) is 4.99. The number of carbonyl (C=O) groups excluding carboxylic acids is 1. The average molecular weight is 371 g/mol. The van der Waals surface area contributed by atoms with E-state index in [9.17, 15) is 23.1 Å². The molecule has 0 radical (unpaired) electrons. The maximum absolute atomic E-state index is 13.3. The van der Waals surface area contributed by atoms with Crippen LogP contribution < -0.4 is 39.4 Å². The summed E-state index contributed by atoms with van der Waals surface area (Å²) >= 11 is 6.24. The van der Waals surface area contributed by atoms with Gasteiger partial charge in [-0.3, -0.25) is 0 Å². The molecule has 2 unspecified atom stereocenters. The number of halogens is 4. The number of alkyl halides is 3. The molecule has 1 aromatic carbocycles. The summed E-state index contributed by atoms with van der Waals surface area (Å²) in [6, 6.07) is 3.02. The summed E-state index contributed by atoms with van der Waals surface area (Å²) in [5.74, 6) is -2.46. The second kappa shape index (κ2) is 5.79. The summed E-state index contributed by atoms with van der Waals surface area (Å²) < 4.78 is 45.0. The van der Waals surface area contributed by atoms with Crippen molar-refractivity contribution in [2.24, 2.45) is 5.41 Å². The van der Waals surface area contributed by atoms with Crippen molar-refractivity contribution in [3.8, 4) is 5.75 Å². The van der Waals surface area contributed by atoms with Crippen molar-refractivity contribution in [2.75, 3.05) is 0 Å². The number of fused-ring (bicyclic) bond motifs is 3. The Labute approximate surface area is 164 Å². The third kappa shape index (κ3) is 2.85. The zero-order valence-electron chi connectivity index (χ0n) is 13.8. The number of hydrogen-bond acceptors (Lipinski definition) is 3. The van der Waals surface area contributed by atoms with Crippen molar-refractivity contribution < 1.29 is 57.4 Å². The van der Waals surface area contributed by atoms with E-state index in [0.29, 0.717) is 16.1 Å². The number of rotatable bonds is 1. The maximum atomic E-state index is 13.3. The van der Waals surface area contributed by atoms with E-state index in [1.807, 2.05) is 20.8 Å². The first kappa shape index (κ1) is 19.9. The molecule has 2 aliphatic rings. The Morgan fingerprint density at radius 3 is 2.38 bits per heavy atom. The molecular weight excluding hydrogens is 356 g/mol. The predicted molar refractivity (Wildman–Crippen MR) is 75.4 cm³/mol. The number of carboxylic acid groups (broad SMARTS) is 1. The number of carbonyl (C=O) groups is 1. The first-order valence-corrected chi connectivity index (χ1v) is 7.55. The Morgan fingerprint density at radius 2 is 1.92 bits per heavy atom. The van der Waals surface area contributed by atoms with E-state index < -0.39 is 29.6 Å². The zero-order chi connectivity index (χ0) is 17.4. The van der Waals surface area contributed by atoms with Gasteiger partial charge in [0.1, 0.15) is 5.75 Å². The summed E-state index contributed by atoms with van der Waals surface area (Å²) in [5.41, 5.74) is -1.36. The largest absolute Gasteiger partial charge is 1.00 e. The summed E-state index contributed by atoms with van der Waals surface area (Å²) in [7, 11) is 0. The fraction of sp³-hybridized carbons (Fsp3) is 0.562. The Balaban J connectivity index is 0.00000208. The van der Waals surface area contributed by atoms with Crippen molar-refractivity contribution >= 4 is 17.6 Å². The van der Waals surface area contributed by atoms with Crippen LogP contribution in [-0.4, -0.2) is 18.2 Å². The van der Waals surface area contributed by atoms with Gasteiger partial charge in [-0.15, -0.1) is 0 Å². The van der Waals surface area contributed by atoms with Gasteiger partial charge in [0, 0.05) is 10.9 Å². The van der Waals surface area contributed by atoms with Crippen LogP contribution in [0.25, 0.3) is 0 Å². The average Bonchev–Trinajstić information content (AvgIpc) is 3.11. The van der Waals surface area contributed by atoms with Gasteiger partial charge in [-0.05, 0) is 35.1 Å². The molecule has 0 saturated heterocycles. The minimum Gasteiger partial charge on any atom is -0.549 e. The Bertz CT molecular complexity index is 699. The van der Waals surface area contributed by atoms with Crippen LogP contribution in [0.2, 0.25) is 5.02 Å². The smallest absolute Gasteiger partial charge is 0.549 e. The van der Waals surface area contributed by atoms with Gasteiger partial charge in [-0.1, -0.05) is 32.4 Å². The number of benzene rings is 1. The molecule has 0 N–H and O–H groups in total. The third-order valence-electron chi connectivity index (χ3n) is 4.68. The molecule has 3 rings (SSSR count). The summed E-state index contributed by atoms with van der Waals surface area (Å²) in [6.07, 6.45) is -7.34. The second-order valence-electron chi connectivity index (χ2n) is 7.24. The van der Waals surface area contributed by atoms with Gasteiger partial charge in [-0.2, -0.15) is 13.2 Å². The van der Waals surface area contributed by atoms with Crippen molar-refractivity contribution in [2.45, 2.75) is 50.8 Å². The second-order valence-corrected chi connectivity index (χ2v) is 7.65. The quantitative estimate of drug-likeness (QED) is 0.663. The van der Waals surface area contributed by atoms with E-state index in [1.54, 1.807) is 0 Å². The van der Waals surface area contributed by atoms with Crippen LogP contribution in [0.5, 0.6) is 5.75 Å². The van der Waals surface area contributed by atoms with Crippen LogP contribution in [-0.2, 0) is 10.2 Å². The Morgan fingerprint density at radius 1 is 1.33 bits per heavy atom. The molecule has 126 valence electrons. The fourth-order valence-corrected chi connectivity index (χ4v) is 3.85. The van der Waals surface area contributed by atoms with Crippen LogP contribution in [0, 0.1) is 5.41 Å². The Kier molecular flexibility index (Phi) is 4.80. The maximum Gasteiger partial charge on any atom is 1.00 e. The molecule has 8 heteroatoms. The first-order valence-electron chi connectivity index (χ1n) is 7.18. The van der Waals surface area contributed by atoms with E-state index in [1.165, 1.54) is 12.1 Å². The summed E-state index contributed by atoms with van der Waals surface area (Å²) in [4.78, 5) is 11.4. The molecule has 0 aromatic heterocycles. The summed E-state index contributed by atoms with van der Waals surface area (Å²) in [5, 5.41) is 11.8. The molecule has 1 aliphatic heterocycles. The number of carboxylic acids is 1. The molecular formula is C16H15ClF3NaO3. The van der Waals surface area contributed by atoms with E-state index in [2.05, 4.69) is 0 Å². The molecule has 1 aliphatic carbocycles. The van der Waals surface area contributed by atoms with Gasteiger partial charge in [0.15, 0.2) is 0 Å². The topological polar surface area (TPSA) is 49.4 Å². The molecule has 3 atom stereocenters. The molecule has 0 spiro atoms. The van der Waals surface area contributed by atoms with Crippen molar-refractivity contribution in [1.29, 1.82) is 0 Å². The van der Waals surface area contributed by atoms with E-state index >= 15 is 0 Å². The SMILES string of the molecule is CC(C)(C)c1cc2c(cc1Cl)C1CC1(C(=O)[O-])[C@@H](C(F)(F)F)O2.[Na+]. The Hall–Kier alpha value is -0.430. The predicted octanol–water partition coefficient (Wildman–Crippen LogP) is 0.188. The van der Waals surface area contributed by atoms with Gasteiger partial charge < -0.3 is 14.6 Å². The van der Waals surface area contributed by atoms with Gasteiger partial charge in [0.2, 0.25) is 6.10 Å². The number of ether oxygens (including phenoxy) is 1. The molecule has 1 heterocycles. The molecule has 3 nitrogen and oxygen atoms in total. The normalized spacial score (nSPS) is 28.1. The standard InChI is InChI=1S/C16H16ClF3O3.Na/c1-14(2,3)8-5-11-7(4-10(8)17)9-6-15(9,13(21)22)12(23-11)16(18,19)20;/h4-5,9,12H,6H2,1-3H3,(H,21,22);/q;+1/p-1/t9?,12-,15?;/m0./s1. The van der Waals surface area contributed by atoms with Crippen LogP contribution in [0.4, 0.5) is 13.2 Å². The van der Waals surface area contributed by atoms with Crippen molar-refractivity contribution in [3.05, 3.63) is 28.3 Å². The van der Waals surface area contributed by atoms with Crippen LogP contribution in [0.15, 0.2) is 12.1 Å². The minimum absolute atomic E-state index is 0. The van der Waals surface area contributed by atoms with Crippen LogP contribution in [0.3, 0.4) is 0 Å². The van der Waals surface area contributed by atoms with Gasteiger partial charge in [0.25, 0.3) is 0 Å². The first-order chi connectivity index (χ1) is 10.4. The fourth-order valence-electron chi connectivity index (χ4n) is 3.40. The molecule has 0 amide bonds. The van der Waals surface area contributed by atoms with E-state index in [0.717, 1.165) is 0 Å². The molecule has 24 heavy (non-hydrogen) atoms. The monoisotopic (exact) mass is 370 g/mol.